The van der Waals surface area contributed by atoms with Gasteiger partial charge in [-0.05, 0) is 41.5 Å². The first-order chi connectivity index (χ1) is 19.7. The first kappa shape index (κ1) is 25.5. The first-order valence-corrected chi connectivity index (χ1v) is 13.3. The number of amides is 1. The van der Waals surface area contributed by atoms with Crippen LogP contribution in [0.25, 0.3) is 22.4 Å². The molecule has 0 aliphatic carbocycles. The fourth-order valence-electron chi connectivity index (χ4n) is 5.19. The summed E-state index contributed by atoms with van der Waals surface area (Å²) in [7, 11) is 0. The van der Waals surface area contributed by atoms with Crippen LogP contribution in [0.15, 0.2) is 103 Å². The summed E-state index contributed by atoms with van der Waals surface area (Å²) in [5.74, 6) is -0.0604. The molecule has 3 aromatic carbocycles. The number of pyridine rings is 1. The zero-order chi connectivity index (χ0) is 27.3. The highest BCUT2D eigenvalue weighted by atomic mass is 16.5. The first-order valence-electron chi connectivity index (χ1n) is 13.3. The van der Waals surface area contributed by atoms with Crippen molar-refractivity contribution in [3.63, 3.8) is 0 Å². The van der Waals surface area contributed by atoms with E-state index in [1.165, 1.54) is 11.1 Å². The summed E-state index contributed by atoms with van der Waals surface area (Å²) < 4.78 is 5.41. The number of fused-ring (bicyclic) bond motifs is 1. The molecule has 2 aromatic heterocycles. The number of nitrogens with zero attached hydrogens (tertiary/aromatic N) is 4. The van der Waals surface area contributed by atoms with E-state index < -0.39 is 5.97 Å². The van der Waals surface area contributed by atoms with Crippen molar-refractivity contribution in [2.75, 3.05) is 32.8 Å². The Morgan fingerprint density at radius 2 is 1.55 bits per heavy atom. The molecule has 8 heteroatoms. The van der Waals surface area contributed by atoms with Crippen molar-refractivity contribution in [1.82, 2.24) is 24.8 Å². The number of piperazine rings is 1. The Balaban J connectivity index is 1.06. The molecule has 0 radical (unpaired) electrons. The van der Waals surface area contributed by atoms with E-state index in [0.717, 1.165) is 24.2 Å². The summed E-state index contributed by atoms with van der Waals surface area (Å²) in [6.45, 7) is 2.31. The van der Waals surface area contributed by atoms with Crippen molar-refractivity contribution < 1.29 is 14.3 Å². The number of carbonyl (C=O) groups excluding carboxylic acids is 2. The second kappa shape index (κ2) is 11.5. The number of ether oxygens (including phenoxy) is 1. The molecule has 1 saturated heterocycles. The number of rotatable bonds is 7. The summed E-state index contributed by atoms with van der Waals surface area (Å²) >= 11 is 0. The molecular formula is C32H29N5O3. The number of benzene rings is 3. The number of imidazole rings is 1. The van der Waals surface area contributed by atoms with Gasteiger partial charge >= 0.3 is 5.97 Å². The molecule has 0 unspecified atom stereocenters. The molecule has 1 aliphatic rings. The molecule has 6 rings (SSSR count). The van der Waals surface area contributed by atoms with E-state index in [2.05, 4.69) is 68.4 Å². The third kappa shape index (κ3) is 5.48. The van der Waals surface area contributed by atoms with Crippen LogP contribution in [0.3, 0.4) is 0 Å². The van der Waals surface area contributed by atoms with E-state index in [1.54, 1.807) is 35.5 Å². The van der Waals surface area contributed by atoms with Gasteiger partial charge in [0.05, 0.1) is 22.6 Å². The standard InChI is InChI=1S/C32H29N5O3/c38-29(22-40-32(39)25-13-14-27-28(20-25)35-31(34-27)26-12-7-15-33-21-26)36-16-18-37(19-17-36)30(23-8-3-1-4-9-23)24-10-5-2-6-11-24/h1-15,20-21,30H,16-19,22H2,(H,34,35). The van der Waals surface area contributed by atoms with E-state index in [0.29, 0.717) is 30.0 Å². The van der Waals surface area contributed by atoms with Gasteiger partial charge in [-0.1, -0.05) is 60.7 Å². The lowest BCUT2D eigenvalue weighted by atomic mass is 9.96. The Kier molecular flexibility index (Phi) is 7.32. The summed E-state index contributed by atoms with van der Waals surface area (Å²) in [6.07, 6.45) is 3.43. The monoisotopic (exact) mass is 531 g/mol. The SMILES string of the molecule is O=C(OCC(=O)N1CCN(C(c2ccccc2)c2ccccc2)CC1)c1ccc2nc(-c3cccnc3)[nH]c2c1. The van der Waals surface area contributed by atoms with Crippen LogP contribution < -0.4 is 0 Å². The molecule has 0 spiro atoms. The van der Waals surface area contributed by atoms with Crippen molar-refractivity contribution in [2.45, 2.75) is 6.04 Å². The van der Waals surface area contributed by atoms with Gasteiger partial charge in [0.2, 0.25) is 0 Å². The smallest absolute Gasteiger partial charge is 0.338 e. The van der Waals surface area contributed by atoms with Gasteiger partial charge in [-0.15, -0.1) is 0 Å². The minimum absolute atomic E-state index is 0.119. The largest absolute Gasteiger partial charge is 0.452 e. The molecule has 1 fully saturated rings. The van der Waals surface area contributed by atoms with Gasteiger partial charge in [-0.3, -0.25) is 14.7 Å². The van der Waals surface area contributed by atoms with Gasteiger partial charge in [0.25, 0.3) is 5.91 Å². The molecule has 1 N–H and O–H groups in total. The fourth-order valence-corrected chi connectivity index (χ4v) is 5.19. The van der Waals surface area contributed by atoms with Crippen LogP contribution in [0.1, 0.15) is 27.5 Å². The number of hydrogen-bond donors (Lipinski definition) is 1. The lowest BCUT2D eigenvalue weighted by Gasteiger charge is -2.39. The Bertz CT molecular complexity index is 1560. The number of esters is 1. The van der Waals surface area contributed by atoms with Gasteiger partial charge < -0.3 is 14.6 Å². The minimum atomic E-state index is -0.542. The maximum atomic E-state index is 12.9. The molecule has 0 saturated carbocycles. The third-order valence-electron chi connectivity index (χ3n) is 7.24. The van der Waals surface area contributed by atoms with Gasteiger partial charge in [0, 0.05) is 44.1 Å². The zero-order valence-electron chi connectivity index (χ0n) is 21.9. The zero-order valence-corrected chi connectivity index (χ0v) is 21.9. The average molecular weight is 532 g/mol. The summed E-state index contributed by atoms with van der Waals surface area (Å²) in [5, 5.41) is 0. The Hall–Kier alpha value is -4.82. The van der Waals surface area contributed by atoms with Gasteiger partial charge in [0.15, 0.2) is 6.61 Å². The second-order valence-electron chi connectivity index (χ2n) is 9.78. The van der Waals surface area contributed by atoms with E-state index in [-0.39, 0.29) is 18.6 Å². The molecule has 1 amide bonds. The molecule has 3 heterocycles. The van der Waals surface area contributed by atoms with Crippen molar-refractivity contribution in [1.29, 1.82) is 0 Å². The van der Waals surface area contributed by atoms with Gasteiger partial charge in [0.1, 0.15) is 5.82 Å². The van der Waals surface area contributed by atoms with Gasteiger partial charge in [-0.2, -0.15) is 0 Å². The number of carbonyl (C=O) groups is 2. The molecule has 5 aromatic rings. The average Bonchev–Trinajstić information content (AvgIpc) is 3.45. The van der Waals surface area contributed by atoms with Crippen molar-refractivity contribution in [2.24, 2.45) is 0 Å². The Morgan fingerprint density at radius 3 is 2.20 bits per heavy atom. The fraction of sp³-hybridized carbons (Fsp3) is 0.188. The van der Waals surface area contributed by atoms with Crippen LogP contribution in [0.5, 0.6) is 0 Å². The second-order valence-corrected chi connectivity index (χ2v) is 9.78. The van der Waals surface area contributed by atoms with Crippen LogP contribution >= 0.6 is 0 Å². The van der Waals surface area contributed by atoms with Crippen LogP contribution in [-0.4, -0.2) is 69.4 Å². The van der Waals surface area contributed by atoms with E-state index in [9.17, 15) is 9.59 Å². The van der Waals surface area contributed by atoms with E-state index in [4.69, 9.17) is 4.74 Å². The topological polar surface area (TPSA) is 91.4 Å². The van der Waals surface area contributed by atoms with Crippen LogP contribution in [0.2, 0.25) is 0 Å². The van der Waals surface area contributed by atoms with Crippen LogP contribution in [0, 0.1) is 0 Å². The number of H-pyrrole nitrogens is 1. The molecule has 0 atom stereocenters. The van der Waals surface area contributed by atoms with E-state index >= 15 is 0 Å². The summed E-state index contributed by atoms with van der Waals surface area (Å²) in [4.78, 5) is 41.8. The molecule has 40 heavy (non-hydrogen) atoms. The Labute approximate surface area is 232 Å². The van der Waals surface area contributed by atoms with Crippen molar-refractivity contribution >= 4 is 22.9 Å². The number of nitrogens with one attached hydrogen (secondary N) is 1. The minimum Gasteiger partial charge on any atom is -0.452 e. The normalized spacial score (nSPS) is 14.0. The molecule has 0 bridgehead atoms. The summed E-state index contributed by atoms with van der Waals surface area (Å²) in [6, 6.07) is 29.9. The maximum absolute atomic E-state index is 12.9. The van der Waals surface area contributed by atoms with Gasteiger partial charge in [-0.25, -0.2) is 9.78 Å². The predicted octanol–water partition coefficient (Wildman–Crippen LogP) is 4.72. The Morgan fingerprint density at radius 1 is 0.850 bits per heavy atom. The number of aromatic nitrogens is 3. The van der Waals surface area contributed by atoms with Crippen LogP contribution in [-0.2, 0) is 9.53 Å². The lowest BCUT2D eigenvalue weighted by Crippen LogP contribution is -2.50. The highest BCUT2D eigenvalue weighted by molar-refractivity contribution is 5.95. The number of aromatic amines is 1. The van der Waals surface area contributed by atoms with Crippen molar-refractivity contribution in [3.8, 4) is 11.4 Å². The molecule has 1 aliphatic heterocycles. The quantitative estimate of drug-likeness (QED) is 0.306. The van der Waals surface area contributed by atoms with E-state index in [1.807, 2.05) is 24.3 Å². The molecule has 8 nitrogen and oxygen atoms in total. The third-order valence-corrected chi connectivity index (χ3v) is 7.24. The lowest BCUT2D eigenvalue weighted by molar-refractivity contribution is -0.136. The van der Waals surface area contributed by atoms with Crippen molar-refractivity contribution in [3.05, 3.63) is 120 Å². The highest BCUT2D eigenvalue weighted by Crippen LogP contribution is 2.29. The summed E-state index contributed by atoms with van der Waals surface area (Å²) in [5.41, 5.74) is 5.11. The molecule has 200 valence electrons. The predicted molar refractivity (Wildman–Crippen MR) is 152 cm³/mol. The molecular weight excluding hydrogens is 502 g/mol. The van der Waals surface area contributed by atoms with Crippen LogP contribution in [0.4, 0.5) is 0 Å². The maximum Gasteiger partial charge on any atom is 0.338 e. The highest BCUT2D eigenvalue weighted by Gasteiger charge is 2.28. The number of hydrogen-bond acceptors (Lipinski definition) is 6.